The van der Waals surface area contributed by atoms with Crippen LogP contribution in [0.3, 0.4) is 0 Å². The molecule has 0 saturated carbocycles. The van der Waals surface area contributed by atoms with E-state index in [1.54, 1.807) is 0 Å². The summed E-state index contributed by atoms with van der Waals surface area (Å²) in [5, 5.41) is 7.52. The van der Waals surface area contributed by atoms with Crippen molar-refractivity contribution in [2.24, 2.45) is 11.7 Å². The predicted octanol–water partition coefficient (Wildman–Crippen LogP) is 1.58. The molecule has 3 nitrogen and oxygen atoms in total. The molecule has 1 atom stereocenters. The molecule has 1 unspecified atom stereocenters. The van der Waals surface area contributed by atoms with Crippen LogP contribution in [0.25, 0.3) is 0 Å². The van der Waals surface area contributed by atoms with Crippen molar-refractivity contribution >= 4 is 5.90 Å². The molecule has 0 aromatic rings. The van der Waals surface area contributed by atoms with E-state index >= 15 is 0 Å². The SMILES string of the molecule is N=C(OCN)C1C=CCC=C/C=C\1. The third kappa shape index (κ3) is 3.25. The second kappa shape index (κ2) is 5.32. The Labute approximate surface area is 78.1 Å². The van der Waals surface area contributed by atoms with Gasteiger partial charge in [0.2, 0.25) is 0 Å². The van der Waals surface area contributed by atoms with Crippen molar-refractivity contribution in [1.82, 2.24) is 0 Å². The maximum absolute atomic E-state index is 7.52. The number of ether oxygens (including phenoxy) is 1. The van der Waals surface area contributed by atoms with Crippen LogP contribution in [0.5, 0.6) is 0 Å². The minimum Gasteiger partial charge on any atom is -0.465 e. The lowest BCUT2D eigenvalue weighted by Crippen LogP contribution is -2.17. The Morgan fingerprint density at radius 1 is 1.38 bits per heavy atom. The molecule has 0 spiro atoms. The molecule has 1 rings (SSSR count). The van der Waals surface area contributed by atoms with Gasteiger partial charge in [0.1, 0.15) is 6.73 Å². The van der Waals surface area contributed by atoms with E-state index in [2.05, 4.69) is 6.08 Å². The number of hydrogen-bond donors (Lipinski definition) is 2. The average Bonchev–Trinajstić information content (AvgIpc) is 2.03. The van der Waals surface area contributed by atoms with Crippen molar-refractivity contribution in [2.45, 2.75) is 6.42 Å². The van der Waals surface area contributed by atoms with Crippen molar-refractivity contribution in [2.75, 3.05) is 6.73 Å². The van der Waals surface area contributed by atoms with Gasteiger partial charge in [-0.05, 0) is 6.42 Å². The van der Waals surface area contributed by atoms with Gasteiger partial charge in [0, 0.05) is 0 Å². The van der Waals surface area contributed by atoms with Gasteiger partial charge in [0.25, 0.3) is 0 Å². The average molecular weight is 178 g/mol. The Kier molecular flexibility index (Phi) is 3.99. The highest BCUT2D eigenvalue weighted by atomic mass is 16.5. The smallest absolute Gasteiger partial charge is 0.192 e. The topological polar surface area (TPSA) is 59.1 Å². The molecule has 0 saturated heterocycles. The van der Waals surface area contributed by atoms with Gasteiger partial charge in [-0.15, -0.1) is 0 Å². The molecule has 0 heterocycles. The van der Waals surface area contributed by atoms with Crippen LogP contribution >= 0.6 is 0 Å². The summed E-state index contributed by atoms with van der Waals surface area (Å²) in [6.07, 6.45) is 12.7. The Bertz CT molecular complexity index is 254. The third-order valence-corrected chi connectivity index (χ3v) is 1.72. The maximum Gasteiger partial charge on any atom is 0.192 e. The number of nitrogens with one attached hydrogen (secondary N) is 1. The van der Waals surface area contributed by atoms with Crippen molar-refractivity contribution < 1.29 is 4.74 Å². The highest BCUT2D eigenvalue weighted by Gasteiger charge is 2.08. The van der Waals surface area contributed by atoms with Gasteiger partial charge in [-0.2, -0.15) is 0 Å². The molecular formula is C10H14N2O. The van der Waals surface area contributed by atoms with Crippen LogP contribution in [0, 0.1) is 11.3 Å². The van der Waals surface area contributed by atoms with Gasteiger partial charge in [-0.25, -0.2) is 0 Å². The van der Waals surface area contributed by atoms with E-state index in [-0.39, 0.29) is 18.5 Å². The minimum atomic E-state index is -0.0755. The zero-order chi connectivity index (χ0) is 9.52. The Hall–Kier alpha value is -1.35. The van der Waals surface area contributed by atoms with Crippen LogP contribution in [-0.4, -0.2) is 12.6 Å². The van der Waals surface area contributed by atoms with E-state index in [0.29, 0.717) is 0 Å². The summed E-state index contributed by atoms with van der Waals surface area (Å²) in [7, 11) is 0. The Balaban J connectivity index is 2.61. The van der Waals surface area contributed by atoms with E-state index in [1.807, 2.05) is 30.4 Å². The molecule has 3 N–H and O–H groups in total. The molecule has 70 valence electrons. The van der Waals surface area contributed by atoms with Crippen LogP contribution in [0.15, 0.2) is 36.5 Å². The third-order valence-electron chi connectivity index (χ3n) is 1.72. The maximum atomic E-state index is 7.52. The summed E-state index contributed by atoms with van der Waals surface area (Å²) in [4.78, 5) is 0. The Morgan fingerprint density at radius 2 is 2.23 bits per heavy atom. The minimum absolute atomic E-state index is 0.0624. The van der Waals surface area contributed by atoms with Gasteiger partial charge >= 0.3 is 0 Å². The van der Waals surface area contributed by atoms with Gasteiger partial charge in [-0.1, -0.05) is 36.5 Å². The van der Waals surface area contributed by atoms with Crippen LogP contribution in [-0.2, 0) is 4.74 Å². The molecule has 0 bridgehead atoms. The quantitative estimate of drug-likeness (QED) is 0.292. The van der Waals surface area contributed by atoms with E-state index in [1.165, 1.54) is 0 Å². The molecule has 0 aliphatic heterocycles. The number of allylic oxidation sites excluding steroid dienone is 4. The normalized spacial score (nSPS) is 23.3. The second-order valence-corrected chi connectivity index (χ2v) is 2.68. The second-order valence-electron chi connectivity index (χ2n) is 2.68. The lowest BCUT2D eigenvalue weighted by Gasteiger charge is -2.10. The molecular weight excluding hydrogens is 164 g/mol. The summed E-state index contributed by atoms with van der Waals surface area (Å²) >= 11 is 0. The van der Waals surface area contributed by atoms with Gasteiger partial charge in [0.15, 0.2) is 5.90 Å². The van der Waals surface area contributed by atoms with Gasteiger partial charge in [0.05, 0.1) is 5.92 Å². The molecule has 1 aliphatic rings. The van der Waals surface area contributed by atoms with Crippen LogP contribution in [0.2, 0.25) is 0 Å². The number of hydrogen-bond acceptors (Lipinski definition) is 3. The largest absolute Gasteiger partial charge is 0.465 e. The first-order valence-corrected chi connectivity index (χ1v) is 4.26. The van der Waals surface area contributed by atoms with Crippen molar-refractivity contribution in [1.29, 1.82) is 5.41 Å². The fourth-order valence-corrected chi connectivity index (χ4v) is 1.07. The molecule has 0 radical (unpaired) electrons. The summed E-state index contributed by atoms with van der Waals surface area (Å²) < 4.78 is 4.91. The first-order valence-electron chi connectivity index (χ1n) is 4.26. The molecule has 13 heavy (non-hydrogen) atoms. The van der Waals surface area contributed by atoms with Gasteiger partial charge < -0.3 is 4.74 Å². The zero-order valence-electron chi connectivity index (χ0n) is 7.44. The van der Waals surface area contributed by atoms with Crippen molar-refractivity contribution in [3.05, 3.63) is 36.5 Å². The van der Waals surface area contributed by atoms with E-state index in [9.17, 15) is 0 Å². The summed E-state index contributed by atoms with van der Waals surface area (Å²) in [6.45, 7) is 0.0624. The fourth-order valence-electron chi connectivity index (χ4n) is 1.07. The first kappa shape index (κ1) is 9.74. The highest BCUT2D eigenvalue weighted by molar-refractivity contribution is 5.79. The van der Waals surface area contributed by atoms with E-state index in [4.69, 9.17) is 15.9 Å². The summed E-state index contributed by atoms with van der Waals surface area (Å²) in [5.74, 6) is 0.124. The molecule has 1 aliphatic carbocycles. The lowest BCUT2D eigenvalue weighted by atomic mass is 10.1. The molecule has 0 fully saturated rings. The van der Waals surface area contributed by atoms with Gasteiger partial charge in [-0.3, -0.25) is 11.1 Å². The van der Waals surface area contributed by atoms with Crippen molar-refractivity contribution in [3.8, 4) is 0 Å². The first-order chi connectivity index (χ1) is 6.34. The molecule has 3 heteroatoms. The molecule has 0 aromatic carbocycles. The fraction of sp³-hybridized carbons (Fsp3) is 0.300. The zero-order valence-corrected chi connectivity index (χ0v) is 7.44. The predicted molar refractivity (Wildman–Crippen MR) is 53.4 cm³/mol. The van der Waals surface area contributed by atoms with Crippen LogP contribution in [0.4, 0.5) is 0 Å². The van der Waals surface area contributed by atoms with E-state index < -0.39 is 0 Å². The highest BCUT2D eigenvalue weighted by Crippen LogP contribution is 2.08. The Morgan fingerprint density at radius 3 is 3.00 bits per heavy atom. The van der Waals surface area contributed by atoms with E-state index in [0.717, 1.165) is 6.42 Å². The number of rotatable bonds is 2. The lowest BCUT2D eigenvalue weighted by molar-refractivity contribution is 0.300. The standard InChI is InChI=1S/C10H14N2O/c11-8-13-10(12)9-6-4-2-1-3-5-7-9/h1-2,4-7,9,12H,3,8,11H2/b2-1?,6-4-,7-5?,12-10?. The number of nitrogens with two attached hydrogens (primary N) is 1. The van der Waals surface area contributed by atoms with Crippen molar-refractivity contribution in [3.63, 3.8) is 0 Å². The van der Waals surface area contributed by atoms with Crippen LogP contribution < -0.4 is 5.73 Å². The molecule has 0 amide bonds. The monoisotopic (exact) mass is 178 g/mol. The summed E-state index contributed by atoms with van der Waals surface area (Å²) in [6, 6.07) is 0. The van der Waals surface area contributed by atoms with Crippen LogP contribution in [0.1, 0.15) is 6.42 Å². The molecule has 0 aromatic heterocycles. The summed E-state index contributed by atoms with van der Waals surface area (Å²) in [5.41, 5.74) is 5.18.